The summed E-state index contributed by atoms with van der Waals surface area (Å²) in [6.07, 6.45) is -4.38. The lowest BCUT2D eigenvalue weighted by Gasteiger charge is -2.22. The van der Waals surface area contributed by atoms with Gasteiger partial charge in [-0.2, -0.15) is 4.98 Å². The largest absolute Gasteiger partial charge is 0.393 e. The predicted octanol–water partition coefficient (Wildman–Crippen LogP) is -0.948. The summed E-state index contributed by atoms with van der Waals surface area (Å²) in [5.41, 5.74) is 10.5. The molecule has 0 saturated carbocycles. The number of halogens is 1. The Bertz CT molecular complexity index is 617. The molecule has 1 unspecified atom stereocenters. The van der Waals surface area contributed by atoms with Gasteiger partial charge in [0.25, 0.3) is 0 Å². The van der Waals surface area contributed by atoms with E-state index < -0.39 is 36.5 Å². The van der Waals surface area contributed by atoms with Gasteiger partial charge >= 0.3 is 5.69 Å². The van der Waals surface area contributed by atoms with Crippen LogP contribution in [-0.4, -0.2) is 44.4 Å². The fraction of sp³-hybridized carbons (Fsp3) is 0.556. The highest BCUT2D eigenvalue weighted by Crippen LogP contribution is 2.39. The molecule has 0 bridgehead atoms. The Labute approximate surface area is 110 Å². The van der Waals surface area contributed by atoms with Crippen LogP contribution in [0.2, 0.25) is 0 Å². The molecule has 1 aromatic rings. The molecule has 2 rings (SSSR count). The van der Waals surface area contributed by atoms with Crippen LogP contribution >= 0.6 is 0 Å². The molecule has 0 aromatic carbocycles. The van der Waals surface area contributed by atoms with Crippen molar-refractivity contribution in [2.24, 2.45) is 5.11 Å². The van der Waals surface area contributed by atoms with Crippen LogP contribution in [0.4, 0.5) is 10.2 Å². The zero-order chi connectivity index (χ0) is 14.9. The van der Waals surface area contributed by atoms with E-state index in [4.69, 9.17) is 21.1 Å². The second-order valence-electron chi connectivity index (χ2n) is 4.14. The van der Waals surface area contributed by atoms with Gasteiger partial charge in [-0.05, 0) is 11.6 Å². The number of aromatic nitrogens is 2. The van der Waals surface area contributed by atoms with Crippen molar-refractivity contribution >= 4 is 5.82 Å². The minimum Gasteiger partial charge on any atom is -0.393 e. The maximum Gasteiger partial charge on any atom is 0.351 e. The van der Waals surface area contributed by atoms with E-state index in [1.165, 1.54) is 6.07 Å². The molecule has 0 aliphatic carbocycles. The maximum absolute atomic E-state index is 14.0. The Morgan fingerprint density at radius 2 is 2.45 bits per heavy atom. The number of nitrogens with zero attached hydrogens (tertiary/aromatic N) is 5. The first-order chi connectivity index (χ1) is 9.45. The number of alkyl halides is 1. The van der Waals surface area contributed by atoms with Gasteiger partial charge in [-0.1, -0.05) is 5.11 Å². The van der Waals surface area contributed by atoms with Crippen molar-refractivity contribution in [2.75, 3.05) is 12.3 Å². The molecule has 11 heteroatoms. The Balaban J connectivity index is 2.45. The molecule has 1 fully saturated rings. The molecular formula is C9H11FN6O4. The normalized spacial score (nSPS) is 32.9. The summed E-state index contributed by atoms with van der Waals surface area (Å²) in [6.45, 7) is -0.997. The number of aliphatic hydroxyl groups is 2. The smallest absolute Gasteiger partial charge is 0.351 e. The molecule has 20 heavy (non-hydrogen) atoms. The first kappa shape index (κ1) is 14.2. The number of azide groups is 1. The highest BCUT2D eigenvalue weighted by atomic mass is 19.1. The van der Waals surface area contributed by atoms with E-state index in [-0.39, 0.29) is 5.82 Å². The summed E-state index contributed by atoms with van der Waals surface area (Å²) in [4.78, 5) is 17.4. The van der Waals surface area contributed by atoms with Crippen molar-refractivity contribution in [1.29, 1.82) is 0 Å². The lowest BCUT2D eigenvalue weighted by molar-refractivity contribution is -0.116. The Morgan fingerprint density at radius 1 is 1.75 bits per heavy atom. The summed E-state index contributed by atoms with van der Waals surface area (Å²) in [7, 11) is 0. The standard InChI is InChI=1S/C9H11FN6O4/c10-6-5(18)7(20-9(6,3-17)14-15-12)16-2-1-4(11)13-8(16)19/h1-2,5-7,17-18H,3H2,(H2,11,13,19)/t5-,6+,7?,9-/m1/s1. The molecule has 10 nitrogen and oxygen atoms in total. The maximum atomic E-state index is 14.0. The SMILES string of the molecule is [N-]=[N+]=N[C@]1(CO)OC(n2ccc(N)nc2=O)[C@H](O)[C@@H]1F. The van der Waals surface area contributed by atoms with Crippen molar-refractivity contribution in [2.45, 2.75) is 24.2 Å². The molecule has 4 N–H and O–H groups in total. The van der Waals surface area contributed by atoms with Crippen LogP contribution in [0.15, 0.2) is 22.2 Å². The average molecular weight is 286 g/mol. The van der Waals surface area contributed by atoms with Crippen LogP contribution in [0, 0.1) is 0 Å². The second-order valence-corrected chi connectivity index (χ2v) is 4.14. The van der Waals surface area contributed by atoms with Crippen LogP contribution in [0.5, 0.6) is 0 Å². The lowest BCUT2D eigenvalue weighted by atomic mass is 10.1. The van der Waals surface area contributed by atoms with Crippen LogP contribution < -0.4 is 11.4 Å². The zero-order valence-electron chi connectivity index (χ0n) is 10.00. The van der Waals surface area contributed by atoms with Gasteiger partial charge in [-0.25, -0.2) is 9.18 Å². The van der Waals surface area contributed by atoms with Crippen molar-refractivity contribution in [3.05, 3.63) is 33.2 Å². The van der Waals surface area contributed by atoms with Gasteiger partial charge in [-0.3, -0.25) is 4.57 Å². The van der Waals surface area contributed by atoms with E-state index in [0.717, 1.165) is 10.8 Å². The molecule has 4 atom stereocenters. The molecule has 1 aliphatic rings. The molecule has 0 amide bonds. The first-order valence-corrected chi connectivity index (χ1v) is 5.47. The fourth-order valence-electron chi connectivity index (χ4n) is 1.91. The van der Waals surface area contributed by atoms with E-state index in [9.17, 15) is 14.3 Å². The van der Waals surface area contributed by atoms with Crippen LogP contribution in [-0.2, 0) is 4.74 Å². The monoisotopic (exact) mass is 286 g/mol. The second kappa shape index (κ2) is 5.06. The Kier molecular flexibility index (Phi) is 3.59. The van der Waals surface area contributed by atoms with E-state index in [1.54, 1.807) is 0 Å². The average Bonchev–Trinajstić information content (AvgIpc) is 2.65. The molecule has 108 valence electrons. The summed E-state index contributed by atoms with van der Waals surface area (Å²) in [6, 6.07) is 1.25. The van der Waals surface area contributed by atoms with Gasteiger partial charge in [0.05, 0.1) is 6.61 Å². The van der Waals surface area contributed by atoms with Crippen molar-refractivity contribution in [1.82, 2.24) is 9.55 Å². The third-order valence-electron chi connectivity index (χ3n) is 2.91. The zero-order valence-corrected chi connectivity index (χ0v) is 10.00. The van der Waals surface area contributed by atoms with Gasteiger partial charge in [0.15, 0.2) is 12.4 Å². The highest BCUT2D eigenvalue weighted by molar-refractivity contribution is 5.23. The van der Waals surface area contributed by atoms with Gasteiger partial charge in [0, 0.05) is 11.1 Å². The third-order valence-corrected chi connectivity index (χ3v) is 2.91. The number of hydrogen-bond donors (Lipinski definition) is 3. The van der Waals surface area contributed by atoms with Gasteiger partial charge in [0.2, 0.25) is 5.72 Å². The van der Waals surface area contributed by atoms with Crippen LogP contribution in [0.1, 0.15) is 6.23 Å². The van der Waals surface area contributed by atoms with E-state index >= 15 is 0 Å². The van der Waals surface area contributed by atoms with Crippen molar-refractivity contribution in [3.63, 3.8) is 0 Å². The third kappa shape index (κ3) is 2.08. The number of nitrogen functional groups attached to an aromatic ring is 1. The van der Waals surface area contributed by atoms with Gasteiger partial charge in [0.1, 0.15) is 11.9 Å². The number of rotatable bonds is 3. The molecule has 2 heterocycles. The molecule has 1 saturated heterocycles. The predicted molar refractivity (Wildman–Crippen MR) is 62.9 cm³/mol. The van der Waals surface area contributed by atoms with Crippen molar-refractivity contribution < 1.29 is 19.3 Å². The molecular weight excluding hydrogens is 275 g/mol. The van der Waals surface area contributed by atoms with E-state index in [0.29, 0.717) is 0 Å². The molecule has 0 spiro atoms. The summed E-state index contributed by atoms with van der Waals surface area (Å²) in [5.74, 6) is -0.0565. The molecule has 0 radical (unpaired) electrons. The quantitative estimate of drug-likeness (QED) is 0.369. The number of anilines is 1. The minimum absolute atomic E-state index is 0.0565. The molecule has 1 aliphatic heterocycles. The van der Waals surface area contributed by atoms with Crippen LogP contribution in [0.25, 0.3) is 10.4 Å². The topological polar surface area (TPSA) is 159 Å². The summed E-state index contributed by atoms with van der Waals surface area (Å²) < 4.78 is 19.9. The number of aliphatic hydroxyl groups excluding tert-OH is 2. The number of hydrogen-bond acceptors (Lipinski definition) is 7. The van der Waals surface area contributed by atoms with Crippen molar-refractivity contribution in [3.8, 4) is 0 Å². The first-order valence-electron chi connectivity index (χ1n) is 5.47. The number of ether oxygens (including phenoxy) is 1. The van der Waals surface area contributed by atoms with E-state index in [2.05, 4.69) is 15.0 Å². The van der Waals surface area contributed by atoms with E-state index in [1.807, 2.05) is 0 Å². The summed E-state index contributed by atoms with van der Waals surface area (Å²) >= 11 is 0. The highest BCUT2D eigenvalue weighted by Gasteiger charge is 2.56. The van der Waals surface area contributed by atoms with Gasteiger partial charge in [-0.15, -0.1) is 0 Å². The van der Waals surface area contributed by atoms with Gasteiger partial charge < -0.3 is 20.7 Å². The Hall–Kier alpha value is -2.20. The molecule has 1 aromatic heterocycles. The summed E-state index contributed by atoms with van der Waals surface area (Å²) in [5, 5.41) is 22.0. The fourth-order valence-corrected chi connectivity index (χ4v) is 1.91. The Morgan fingerprint density at radius 3 is 3.00 bits per heavy atom. The number of nitrogens with two attached hydrogens (primary N) is 1. The minimum atomic E-state index is -2.29. The lowest BCUT2D eigenvalue weighted by Crippen LogP contribution is -2.41. The van der Waals surface area contributed by atoms with Crippen LogP contribution in [0.3, 0.4) is 0 Å².